The van der Waals surface area contributed by atoms with Crippen LogP contribution in [0.25, 0.3) is 0 Å². The molecule has 1 fully saturated rings. The van der Waals surface area contributed by atoms with E-state index in [-0.39, 0.29) is 6.61 Å². The molecule has 0 saturated carbocycles. The standard InChI is InChI=1S/C13H25N5O/c1-2-18-13(15-11-16-18)9-14-6-8-17-7-4-3-5-12(17)10-19/h11-12,14,19H,2-10H2,1H3. The second kappa shape index (κ2) is 7.57. The predicted octanol–water partition coefficient (Wildman–Crippen LogP) is 0.234. The molecule has 6 nitrogen and oxygen atoms in total. The van der Waals surface area contributed by atoms with Gasteiger partial charge in [-0.05, 0) is 26.3 Å². The Morgan fingerprint density at radius 3 is 3.16 bits per heavy atom. The molecule has 0 amide bonds. The summed E-state index contributed by atoms with van der Waals surface area (Å²) in [6, 6.07) is 0.356. The molecule has 1 aliphatic heterocycles. The summed E-state index contributed by atoms with van der Waals surface area (Å²) in [4.78, 5) is 6.63. The van der Waals surface area contributed by atoms with Gasteiger partial charge in [0, 0.05) is 25.7 Å². The number of nitrogens with one attached hydrogen (secondary N) is 1. The zero-order chi connectivity index (χ0) is 13.5. The fourth-order valence-corrected chi connectivity index (χ4v) is 2.67. The highest BCUT2D eigenvalue weighted by atomic mass is 16.3. The molecule has 0 aliphatic carbocycles. The minimum Gasteiger partial charge on any atom is -0.395 e. The Balaban J connectivity index is 1.68. The number of aliphatic hydroxyl groups excluding tert-OH is 1. The monoisotopic (exact) mass is 267 g/mol. The zero-order valence-electron chi connectivity index (χ0n) is 11.8. The normalized spacial score (nSPS) is 20.8. The van der Waals surface area contributed by atoms with Gasteiger partial charge in [-0.3, -0.25) is 4.90 Å². The second-order valence-corrected chi connectivity index (χ2v) is 5.04. The van der Waals surface area contributed by atoms with E-state index in [4.69, 9.17) is 0 Å². The van der Waals surface area contributed by atoms with Gasteiger partial charge in [-0.25, -0.2) is 9.67 Å². The minimum atomic E-state index is 0.282. The molecule has 108 valence electrons. The minimum absolute atomic E-state index is 0.282. The number of aromatic nitrogens is 3. The third kappa shape index (κ3) is 3.99. The third-order valence-corrected chi connectivity index (χ3v) is 3.81. The van der Waals surface area contributed by atoms with E-state index >= 15 is 0 Å². The van der Waals surface area contributed by atoms with E-state index in [1.807, 2.05) is 4.68 Å². The Bertz CT molecular complexity index is 368. The number of likely N-dealkylation sites (tertiary alicyclic amines) is 1. The van der Waals surface area contributed by atoms with Crippen molar-refractivity contribution < 1.29 is 5.11 Å². The van der Waals surface area contributed by atoms with E-state index in [2.05, 4.69) is 27.2 Å². The molecule has 0 radical (unpaired) electrons. The first-order valence-corrected chi connectivity index (χ1v) is 7.27. The van der Waals surface area contributed by atoms with Crippen molar-refractivity contribution in [2.75, 3.05) is 26.2 Å². The van der Waals surface area contributed by atoms with Crippen molar-refractivity contribution in [3.8, 4) is 0 Å². The van der Waals surface area contributed by atoms with Crippen LogP contribution >= 0.6 is 0 Å². The summed E-state index contributed by atoms with van der Waals surface area (Å²) in [5.74, 6) is 0.986. The maximum atomic E-state index is 9.35. The van der Waals surface area contributed by atoms with Crippen molar-refractivity contribution in [2.24, 2.45) is 0 Å². The van der Waals surface area contributed by atoms with E-state index < -0.39 is 0 Å². The Morgan fingerprint density at radius 1 is 1.47 bits per heavy atom. The number of rotatable bonds is 7. The first kappa shape index (κ1) is 14.4. The van der Waals surface area contributed by atoms with Crippen LogP contribution < -0.4 is 5.32 Å². The van der Waals surface area contributed by atoms with Crippen LogP contribution in [0.15, 0.2) is 6.33 Å². The summed E-state index contributed by atoms with van der Waals surface area (Å²) in [6.45, 7) is 6.99. The van der Waals surface area contributed by atoms with Crippen LogP contribution in [0.1, 0.15) is 32.0 Å². The molecule has 1 unspecified atom stereocenters. The molecule has 6 heteroatoms. The summed E-state index contributed by atoms with van der Waals surface area (Å²) in [5.41, 5.74) is 0. The number of nitrogens with zero attached hydrogens (tertiary/aromatic N) is 4. The quantitative estimate of drug-likeness (QED) is 0.693. The molecule has 0 aromatic carbocycles. The van der Waals surface area contributed by atoms with Gasteiger partial charge in [0.2, 0.25) is 0 Å². The molecule has 2 heterocycles. The molecule has 0 spiro atoms. The van der Waals surface area contributed by atoms with Gasteiger partial charge in [-0.2, -0.15) is 5.10 Å². The third-order valence-electron chi connectivity index (χ3n) is 3.81. The van der Waals surface area contributed by atoms with Gasteiger partial charge in [-0.1, -0.05) is 6.42 Å². The summed E-state index contributed by atoms with van der Waals surface area (Å²) in [5, 5.41) is 16.9. The van der Waals surface area contributed by atoms with Crippen LogP contribution in [-0.4, -0.2) is 57.1 Å². The largest absolute Gasteiger partial charge is 0.395 e. The van der Waals surface area contributed by atoms with E-state index in [9.17, 15) is 5.11 Å². The Hall–Kier alpha value is -0.980. The average molecular weight is 267 g/mol. The van der Waals surface area contributed by atoms with E-state index in [1.165, 1.54) is 12.8 Å². The smallest absolute Gasteiger partial charge is 0.140 e. The van der Waals surface area contributed by atoms with Crippen LogP contribution in [-0.2, 0) is 13.1 Å². The number of piperidine rings is 1. The number of hydrogen-bond acceptors (Lipinski definition) is 5. The summed E-state index contributed by atoms with van der Waals surface area (Å²) in [7, 11) is 0. The van der Waals surface area contributed by atoms with Crippen molar-refractivity contribution in [1.82, 2.24) is 25.0 Å². The van der Waals surface area contributed by atoms with Crippen LogP contribution in [0, 0.1) is 0 Å². The summed E-state index contributed by atoms with van der Waals surface area (Å²) in [6.07, 6.45) is 5.23. The lowest BCUT2D eigenvalue weighted by atomic mass is 10.0. The lowest BCUT2D eigenvalue weighted by molar-refractivity contribution is 0.0909. The van der Waals surface area contributed by atoms with Gasteiger partial charge < -0.3 is 10.4 Å². The first-order valence-electron chi connectivity index (χ1n) is 7.27. The van der Waals surface area contributed by atoms with Crippen LogP contribution in [0.4, 0.5) is 0 Å². The lowest BCUT2D eigenvalue weighted by Gasteiger charge is -2.34. The maximum absolute atomic E-state index is 9.35. The van der Waals surface area contributed by atoms with Crippen molar-refractivity contribution >= 4 is 0 Å². The van der Waals surface area contributed by atoms with E-state index in [1.54, 1.807) is 6.33 Å². The van der Waals surface area contributed by atoms with E-state index in [0.29, 0.717) is 6.04 Å². The van der Waals surface area contributed by atoms with Gasteiger partial charge >= 0.3 is 0 Å². The van der Waals surface area contributed by atoms with Gasteiger partial charge in [0.15, 0.2) is 0 Å². The molecule has 1 aliphatic rings. The SMILES string of the molecule is CCn1ncnc1CNCCN1CCCCC1CO. The Labute approximate surface area is 114 Å². The van der Waals surface area contributed by atoms with Crippen LogP contribution in [0.5, 0.6) is 0 Å². The highest BCUT2D eigenvalue weighted by molar-refractivity contribution is 4.83. The second-order valence-electron chi connectivity index (χ2n) is 5.04. The van der Waals surface area contributed by atoms with E-state index in [0.717, 1.165) is 45.0 Å². The van der Waals surface area contributed by atoms with Crippen molar-refractivity contribution in [3.63, 3.8) is 0 Å². The first-order chi connectivity index (χ1) is 9.35. The highest BCUT2D eigenvalue weighted by Crippen LogP contribution is 2.15. The van der Waals surface area contributed by atoms with Crippen molar-refractivity contribution in [2.45, 2.75) is 45.3 Å². The van der Waals surface area contributed by atoms with Gasteiger partial charge in [0.1, 0.15) is 12.2 Å². The molecule has 2 N–H and O–H groups in total. The highest BCUT2D eigenvalue weighted by Gasteiger charge is 2.20. The van der Waals surface area contributed by atoms with Crippen LogP contribution in [0.2, 0.25) is 0 Å². The molecule has 1 aromatic rings. The number of hydrogen-bond donors (Lipinski definition) is 2. The predicted molar refractivity (Wildman–Crippen MR) is 73.7 cm³/mol. The Kier molecular flexibility index (Phi) is 5.75. The number of aliphatic hydroxyl groups is 1. The van der Waals surface area contributed by atoms with Crippen LogP contribution in [0.3, 0.4) is 0 Å². The molecular weight excluding hydrogens is 242 g/mol. The average Bonchev–Trinajstić information content (AvgIpc) is 2.91. The number of aryl methyl sites for hydroxylation is 1. The maximum Gasteiger partial charge on any atom is 0.140 e. The van der Waals surface area contributed by atoms with Crippen molar-refractivity contribution in [3.05, 3.63) is 12.2 Å². The molecule has 19 heavy (non-hydrogen) atoms. The topological polar surface area (TPSA) is 66.2 Å². The molecule has 1 atom stereocenters. The van der Waals surface area contributed by atoms with Gasteiger partial charge in [0.05, 0.1) is 13.2 Å². The lowest BCUT2D eigenvalue weighted by Crippen LogP contribution is -2.44. The fraction of sp³-hybridized carbons (Fsp3) is 0.846. The fourth-order valence-electron chi connectivity index (χ4n) is 2.67. The molecule has 0 bridgehead atoms. The van der Waals surface area contributed by atoms with Gasteiger partial charge in [0.25, 0.3) is 0 Å². The summed E-state index contributed by atoms with van der Waals surface area (Å²) >= 11 is 0. The summed E-state index contributed by atoms with van der Waals surface area (Å²) < 4.78 is 1.91. The molecule has 1 aromatic heterocycles. The molecular formula is C13H25N5O. The van der Waals surface area contributed by atoms with Crippen molar-refractivity contribution in [1.29, 1.82) is 0 Å². The zero-order valence-corrected chi connectivity index (χ0v) is 11.8. The molecule has 2 rings (SSSR count). The molecule has 1 saturated heterocycles. The van der Waals surface area contributed by atoms with Gasteiger partial charge in [-0.15, -0.1) is 0 Å². The Morgan fingerprint density at radius 2 is 2.37 bits per heavy atom.